The molecule has 0 aromatic heterocycles. The third-order valence-corrected chi connectivity index (χ3v) is 1.88. The molecule has 0 rings (SSSR count). The average molecular weight is 158 g/mol. The smallest absolute Gasteiger partial charge is 0.175 e. The Morgan fingerprint density at radius 2 is 1.70 bits per heavy atom. The van der Waals surface area contributed by atoms with Gasteiger partial charge in [-0.25, -0.2) is 0 Å². The molecule has 0 saturated carbocycles. The van der Waals surface area contributed by atoms with Gasteiger partial charge in [-0.15, -0.1) is 0 Å². The van der Waals surface area contributed by atoms with Crippen molar-refractivity contribution in [3.63, 3.8) is 0 Å². The Kier molecular flexibility index (Phi) is 3.36. The van der Waals surface area contributed by atoms with Gasteiger partial charge < -0.3 is 9.80 Å². The summed E-state index contributed by atoms with van der Waals surface area (Å²) in [6, 6.07) is 0. The maximum Gasteiger partial charge on any atom is 0.175 e. The van der Waals surface area contributed by atoms with E-state index in [9.17, 15) is 0 Å². The number of hydrogen-bond donors (Lipinski definition) is 0. The highest BCUT2D eigenvalue weighted by atomic mass is 32.1. The Balaban J connectivity index is 4.08. The third-order valence-electron chi connectivity index (χ3n) is 1.24. The Labute approximate surface area is 68.1 Å². The molecule has 0 atom stereocenters. The van der Waals surface area contributed by atoms with Crippen molar-refractivity contribution in [3.05, 3.63) is 12.3 Å². The first-order valence-electron chi connectivity index (χ1n) is 3.07. The van der Waals surface area contributed by atoms with Gasteiger partial charge in [0, 0.05) is 26.8 Å². The van der Waals surface area contributed by atoms with E-state index in [1.807, 2.05) is 37.9 Å². The molecular formula is C7H14N2S. The summed E-state index contributed by atoms with van der Waals surface area (Å²) in [5, 5.41) is 0.785. The topological polar surface area (TPSA) is 6.48 Å². The van der Waals surface area contributed by atoms with Crippen LogP contribution < -0.4 is 0 Å². The summed E-state index contributed by atoms with van der Waals surface area (Å²) in [5.74, 6) is 0. The van der Waals surface area contributed by atoms with E-state index in [4.69, 9.17) is 12.2 Å². The maximum absolute atomic E-state index is 5.07. The van der Waals surface area contributed by atoms with Gasteiger partial charge >= 0.3 is 0 Å². The van der Waals surface area contributed by atoms with Crippen LogP contribution in [-0.4, -0.2) is 36.1 Å². The standard InChI is InChI=1S/C7H14N2S/c1-6(2)9(5)7(10)8(3)4/h1H2,2-5H3. The number of allylic oxidation sites excluding steroid dienone is 1. The summed E-state index contributed by atoms with van der Waals surface area (Å²) in [7, 11) is 5.74. The molecule has 3 heteroatoms. The fourth-order valence-electron chi connectivity index (χ4n) is 0.463. The lowest BCUT2D eigenvalue weighted by atomic mass is 10.5. The molecular weight excluding hydrogens is 144 g/mol. The predicted octanol–water partition coefficient (Wildman–Crippen LogP) is 1.30. The SMILES string of the molecule is C=C(C)N(C)C(=S)N(C)C. The van der Waals surface area contributed by atoms with Gasteiger partial charge in [-0.2, -0.15) is 0 Å². The Morgan fingerprint density at radius 3 is 1.80 bits per heavy atom. The second-order valence-corrected chi connectivity index (χ2v) is 2.84. The van der Waals surface area contributed by atoms with Crippen LogP contribution in [0.3, 0.4) is 0 Å². The van der Waals surface area contributed by atoms with Crippen LogP contribution in [0.25, 0.3) is 0 Å². The van der Waals surface area contributed by atoms with E-state index < -0.39 is 0 Å². The van der Waals surface area contributed by atoms with E-state index in [1.165, 1.54) is 0 Å². The van der Waals surface area contributed by atoms with E-state index >= 15 is 0 Å². The summed E-state index contributed by atoms with van der Waals surface area (Å²) in [5.41, 5.74) is 0.957. The van der Waals surface area contributed by atoms with Crippen molar-refractivity contribution in [2.24, 2.45) is 0 Å². The van der Waals surface area contributed by atoms with E-state index in [0.29, 0.717) is 0 Å². The molecule has 0 aromatic rings. The zero-order chi connectivity index (χ0) is 8.31. The van der Waals surface area contributed by atoms with Crippen LogP contribution in [0.1, 0.15) is 6.92 Å². The van der Waals surface area contributed by atoms with Crippen LogP contribution >= 0.6 is 12.2 Å². The highest BCUT2D eigenvalue weighted by Gasteiger charge is 2.04. The van der Waals surface area contributed by atoms with Crippen LogP contribution in [-0.2, 0) is 0 Å². The van der Waals surface area contributed by atoms with Gasteiger partial charge in [0.05, 0.1) is 0 Å². The van der Waals surface area contributed by atoms with Crippen LogP contribution in [0.4, 0.5) is 0 Å². The zero-order valence-electron chi connectivity index (χ0n) is 7.01. The lowest BCUT2D eigenvalue weighted by molar-refractivity contribution is 0.507. The molecule has 10 heavy (non-hydrogen) atoms. The zero-order valence-corrected chi connectivity index (χ0v) is 7.83. The molecule has 0 aliphatic rings. The van der Waals surface area contributed by atoms with Crippen molar-refractivity contribution in [3.8, 4) is 0 Å². The second-order valence-electron chi connectivity index (χ2n) is 2.47. The molecule has 0 N–H and O–H groups in total. The van der Waals surface area contributed by atoms with E-state index in [-0.39, 0.29) is 0 Å². The van der Waals surface area contributed by atoms with Crippen LogP contribution in [0.5, 0.6) is 0 Å². The molecule has 0 radical (unpaired) electrons. The molecule has 0 amide bonds. The Bertz CT molecular complexity index is 152. The fourth-order valence-corrected chi connectivity index (χ4v) is 0.619. The summed E-state index contributed by atoms with van der Waals surface area (Å²) >= 11 is 5.07. The van der Waals surface area contributed by atoms with Crippen molar-refractivity contribution >= 4 is 17.3 Å². The number of hydrogen-bond acceptors (Lipinski definition) is 1. The average Bonchev–Trinajstić information content (AvgIpc) is 1.84. The van der Waals surface area contributed by atoms with E-state index in [1.54, 1.807) is 0 Å². The lowest BCUT2D eigenvalue weighted by Gasteiger charge is -2.24. The normalized spacial score (nSPS) is 8.80. The summed E-state index contributed by atoms with van der Waals surface area (Å²) in [6.45, 7) is 5.70. The van der Waals surface area contributed by atoms with Gasteiger partial charge in [0.1, 0.15) is 0 Å². The van der Waals surface area contributed by atoms with Crippen molar-refractivity contribution in [2.75, 3.05) is 21.1 Å². The van der Waals surface area contributed by atoms with Crippen LogP contribution in [0.2, 0.25) is 0 Å². The highest BCUT2D eigenvalue weighted by Crippen LogP contribution is 1.99. The molecule has 0 aromatic carbocycles. The molecule has 0 aliphatic carbocycles. The minimum absolute atomic E-state index is 0.785. The number of rotatable bonds is 1. The summed E-state index contributed by atoms with van der Waals surface area (Å²) < 4.78 is 0. The van der Waals surface area contributed by atoms with Gasteiger partial charge in [0.15, 0.2) is 5.11 Å². The van der Waals surface area contributed by atoms with Crippen LogP contribution in [0, 0.1) is 0 Å². The van der Waals surface area contributed by atoms with E-state index in [2.05, 4.69) is 6.58 Å². The molecule has 0 saturated heterocycles. The minimum atomic E-state index is 0.785. The molecule has 0 fully saturated rings. The Hall–Kier alpha value is -0.570. The largest absolute Gasteiger partial charge is 0.355 e. The monoisotopic (exact) mass is 158 g/mol. The van der Waals surface area contributed by atoms with Gasteiger partial charge in [-0.3, -0.25) is 0 Å². The second kappa shape index (κ2) is 3.56. The van der Waals surface area contributed by atoms with Crippen molar-refractivity contribution in [1.82, 2.24) is 9.80 Å². The molecule has 0 unspecified atom stereocenters. The van der Waals surface area contributed by atoms with Crippen molar-refractivity contribution in [2.45, 2.75) is 6.92 Å². The molecule has 58 valence electrons. The lowest BCUT2D eigenvalue weighted by Crippen LogP contribution is -2.34. The molecule has 2 nitrogen and oxygen atoms in total. The van der Waals surface area contributed by atoms with Crippen molar-refractivity contribution < 1.29 is 0 Å². The molecule has 0 bridgehead atoms. The van der Waals surface area contributed by atoms with Gasteiger partial charge in [0.25, 0.3) is 0 Å². The molecule has 0 heterocycles. The van der Waals surface area contributed by atoms with Gasteiger partial charge in [0.2, 0.25) is 0 Å². The Morgan fingerprint density at radius 1 is 1.30 bits per heavy atom. The van der Waals surface area contributed by atoms with Crippen molar-refractivity contribution in [1.29, 1.82) is 0 Å². The fraction of sp³-hybridized carbons (Fsp3) is 0.571. The summed E-state index contributed by atoms with van der Waals surface area (Å²) in [4.78, 5) is 3.75. The van der Waals surface area contributed by atoms with Gasteiger partial charge in [-0.1, -0.05) is 6.58 Å². The van der Waals surface area contributed by atoms with E-state index in [0.717, 1.165) is 10.8 Å². The maximum atomic E-state index is 5.07. The quantitative estimate of drug-likeness (QED) is 0.531. The van der Waals surface area contributed by atoms with Crippen LogP contribution in [0.15, 0.2) is 12.3 Å². The first-order chi connectivity index (χ1) is 4.46. The highest BCUT2D eigenvalue weighted by molar-refractivity contribution is 7.80. The number of nitrogens with zero attached hydrogens (tertiary/aromatic N) is 2. The molecule has 0 aliphatic heterocycles. The van der Waals surface area contributed by atoms with Gasteiger partial charge in [-0.05, 0) is 19.1 Å². The first-order valence-corrected chi connectivity index (χ1v) is 3.48. The molecule has 0 spiro atoms. The summed E-state index contributed by atoms with van der Waals surface area (Å²) in [6.07, 6.45) is 0. The minimum Gasteiger partial charge on any atom is -0.355 e. The predicted molar refractivity (Wildman–Crippen MR) is 48.9 cm³/mol. The first kappa shape index (κ1) is 9.43. The number of thiocarbonyl (C=S) groups is 1. The third kappa shape index (κ3) is 2.35.